The third-order valence-corrected chi connectivity index (χ3v) is 4.80. The van der Waals surface area contributed by atoms with Crippen molar-refractivity contribution < 1.29 is 38.3 Å². The van der Waals surface area contributed by atoms with Gasteiger partial charge < -0.3 is 33.5 Å². The zero-order chi connectivity index (χ0) is 18.6. The van der Waals surface area contributed by atoms with E-state index in [4.69, 9.17) is 28.4 Å². The number of ether oxygens (including phenoxy) is 6. The Morgan fingerprint density at radius 3 is 2.40 bits per heavy atom. The second kappa shape index (κ2) is 6.14. The Labute approximate surface area is 147 Å². The summed E-state index contributed by atoms with van der Waals surface area (Å²) in [6, 6.07) is 0. The summed E-state index contributed by atoms with van der Waals surface area (Å²) in [5.74, 6) is -2.30. The van der Waals surface area contributed by atoms with Crippen molar-refractivity contribution in [2.75, 3.05) is 6.61 Å². The van der Waals surface area contributed by atoms with Crippen LogP contribution in [-0.4, -0.2) is 65.6 Å². The van der Waals surface area contributed by atoms with Crippen molar-refractivity contribution in [3.63, 3.8) is 0 Å². The van der Waals surface area contributed by atoms with E-state index in [0.29, 0.717) is 6.61 Å². The molecular formula is C17H28O8. The fraction of sp³-hybridized carbons (Fsp3) is 0.941. The number of aliphatic hydroxyl groups is 1. The van der Waals surface area contributed by atoms with Crippen molar-refractivity contribution >= 4 is 5.97 Å². The van der Waals surface area contributed by atoms with Crippen molar-refractivity contribution in [2.45, 2.75) is 95.8 Å². The molecule has 0 bridgehead atoms. The first-order valence-electron chi connectivity index (χ1n) is 8.70. The van der Waals surface area contributed by atoms with Gasteiger partial charge in [0, 0.05) is 0 Å². The van der Waals surface area contributed by atoms with Crippen molar-refractivity contribution in [3.05, 3.63) is 0 Å². The Hall–Kier alpha value is -0.770. The van der Waals surface area contributed by atoms with E-state index in [1.807, 2.05) is 13.8 Å². The summed E-state index contributed by atoms with van der Waals surface area (Å²) in [5, 5.41) is 10.2. The molecule has 3 heterocycles. The fourth-order valence-electron chi connectivity index (χ4n) is 3.21. The maximum absolute atomic E-state index is 12.4. The quantitative estimate of drug-likeness (QED) is 0.745. The van der Waals surface area contributed by atoms with Crippen LogP contribution in [0, 0.1) is 0 Å². The van der Waals surface area contributed by atoms with Crippen LogP contribution < -0.4 is 0 Å². The van der Waals surface area contributed by atoms with E-state index in [2.05, 4.69) is 0 Å². The van der Waals surface area contributed by atoms with E-state index in [-0.39, 0.29) is 6.42 Å². The van der Waals surface area contributed by atoms with Gasteiger partial charge in [0.2, 0.25) is 0 Å². The van der Waals surface area contributed by atoms with Gasteiger partial charge in [-0.05, 0) is 41.0 Å². The molecule has 8 nitrogen and oxygen atoms in total. The normalized spacial score (nSPS) is 41.3. The van der Waals surface area contributed by atoms with Gasteiger partial charge in [0.1, 0.15) is 12.2 Å². The Morgan fingerprint density at radius 1 is 1.16 bits per heavy atom. The molecule has 8 heteroatoms. The van der Waals surface area contributed by atoms with Gasteiger partial charge in [-0.2, -0.15) is 0 Å². The number of carbonyl (C=O) groups excluding carboxylic acids is 1. The monoisotopic (exact) mass is 360 g/mol. The van der Waals surface area contributed by atoms with E-state index in [1.165, 1.54) is 6.92 Å². The van der Waals surface area contributed by atoms with Crippen LogP contribution in [0.4, 0.5) is 0 Å². The molecule has 3 aliphatic rings. The highest BCUT2D eigenvalue weighted by molar-refractivity contribution is 5.78. The number of carbonyl (C=O) groups is 1. The van der Waals surface area contributed by atoms with Gasteiger partial charge in [0.15, 0.2) is 35.7 Å². The van der Waals surface area contributed by atoms with Gasteiger partial charge in [-0.1, -0.05) is 6.92 Å². The van der Waals surface area contributed by atoms with Crippen LogP contribution in [0.2, 0.25) is 0 Å². The molecule has 3 saturated heterocycles. The number of rotatable bonds is 4. The Balaban J connectivity index is 1.79. The lowest BCUT2D eigenvalue weighted by Gasteiger charge is -2.30. The van der Waals surface area contributed by atoms with Gasteiger partial charge in [-0.3, -0.25) is 0 Å². The lowest BCUT2D eigenvalue weighted by molar-refractivity contribution is -0.237. The third-order valence-electron chi connectivity index (χ3n) is 4.80. The lowest BCUT2D eigenvalue weighted by Crippen LogP contribution is -2.48. The predicted molar refractivity (Wildman–Crippen MR) is 84.4 cm³/mol. The number of hydrogen-bond acceptors (Lipinski definition) is 8. The maximum Gasteiger partial charge on any atom is 0.338 e. The van der Waals surface area contributed by atoms with Gasteiger partial charge >= 0.3 is 5.97 Å². The minimum atomic E-state index is -1.58. The fourth-order valence-corrected chi connectivity index (χ4v) is 3.21. The smallest absolute Gasteiger partial charge is 0.338 e. The second-order valence-electron chi connectivity index (χ2n) is 7.93. The molecule has 3 fully saturated rings. The summed E-state index contributed by atoms with van der Waals surface area (Å²) < 4.78 is 34.6. The van der Waals surface area contributed by atoms with Crippen molar-refractivity contribution in [1.29, 1.82) is 0 Å². The molecule has 0 aromatic carbocycles. The highest BCUT2D eigenvalue weighted by Crippen LogP contribution is 2.42. The van der Waals surface area contributed by atoms with Crippen LogP contribution in [-0.2, 0) is 33.2 Å². The molecule has 0 unspecified atom stereocenters. The topological polar surface area (TPSA) is 92.7 Å². The molecule has 0 spiro atoms. The highest BCUT2D eigenvalue weighted by Gasteiger charge is 2.60. The standard InChI is InChI=1S/C17H28O8/c1-7-17(6,19)14(18)22-11-10(9-8-20-15(2,3)23-9)21-13-12(11)24-16(4,5)25-13/h9-13,19H,7-8H2,1-6H3/t9-,10+,11-,12+,13+,17+/m0/s1. The van der Waals surface area contributed by atoms with Crippen LogP contribution in [0.5, 0.6) is 0 Å². The Bertz CT molecular complexity index is 529. The van der Waals surface area contributed by atoms with Crippen molar-refractivity contribution in [1.82, 2.24) is 0 Å². The van der Waals surface area contributed by atoms with Crippen molar-refractivity contribution in [3.8, 4) is 0 Å². The Morgan fingerprint density at radius 2 is 1.84 bits per heavy atom. The predicted octanol–water partition coefficient (Wildman–Crippen LogP) is 1.09. The zero-order valence-corrected chi connectivity index (χ0v) is 15.6. The van der Waals surface area contributed by atoms with Crippen LogP contribution >= 0.6 is 0 Å². The number of esters is 1. The molecule has 0 radical (unpaired) electrons. The molecular weight excluding hydrogens is 332 g/mol. The average molecular weight is 360 g/mol. The van der Waals surface area contributed by atoms with Crippen LogP contribution in [0.15, 0.2) is 0 Å². The van der Waals surface area contributed by atoms with E-state index in [9.17, 15) is 9.90 Å². The number of hydrogen-bond donors (Lipinski definition) is 1. The molecule has 1 N–H and O–H groups in total. The molecule has 0 aromatic heterocycles. The molecule has 0 amide bonds. The molecule has 3 rings (SSSR count). The minimum Gasteiger partial charge on any atom is -0.454 e. The summed E-state index contributed by atoms with van der Waals surface area (Å²) in [4.78, 5) is 12.4. The molecule has 3 aliphatic heterocycles. The zero-order valence-electron chi connectivity index (χ0n) is 15.6. The van der Waals surface area contributed by atoms with Crippen LogP contribution in [0.3, 0.4) is 0 Å². The largest absolute Gasteiger partial charge is 0.454 e. The number of fused-ring (bicyclic) bond motifs is 1. The van der Waals surface area contributed by atoms with Crippen molar-refractivity contribution in [2.24, 2.45) is 0 Å². The van der Waals surface area contributed by atoms with E-state index >= 15 is 0 Å². The van der Waals surface area contributed by atoms with E-state index in [0.717, 1.165) is 0 Å². The van der Waals surface area contributed by atoms with Crippen LogP contribution in [0.1, 0.15) is 48.0 Å². The summed E-state index contributed by atoms with van der Waals surface area (Å²) in [7, 11) is 0. The molecule has 0 aliphatic carbocycles. The summed E-state index contributed by atoms with van der Waals surface area (Å²) in [6.07, 6.45) is -2.83. The molecule has 6 atom stereocenters. The molecule has 0 aromatic rings. The highest BCUT2D eigenvalue weighted by atomic mass is 16.9. The van der Waals surface area contributed by atoms with Gasteiger partial charge in [-0.25, -0.2) is 4.79 Å². The van der Waals surface area contributed by atoms with Gasteiger partial charge in [0.25, 0.3) is 0 Å². The van der Waals surface area contributed by atoms with E-state index < -0.39 is 53.9 Å². The molecule has 25 heavy (non-hydrogen) atoms. The first kappa shape index (κ1) is 19.0. The SMILES string of the molecule is CC[C@@](C)(O)C(=O)O[C@@H]1[C@H]2OC(C)(C)O[C@H]2O[C@@H]1[C@@H]1COC(C)(C)O1. The lowest BCUT2D eigenvalue weighted by atomic mass is 10.0. The Kier molecular flexibility index (Phi) is 4.67. The van der Waals surface area contributed by atoms with Gasteiger partial charge in [-0.15, -0.1) is 0 Å². The van der Waals surface area contributed by atoms with E-state index in [1.54, 1.807) is 20.8 Å². The summed E-state index contributed by atoms with van der Waals surface area (Å²) >= 11 is 0. The third kappa shape index (κ3) is 3.70. The minimum absolute atomic E-state index is 0.233. The summed E-state index contributed by atoms with van der Waals surface area (Å²) in [5.41, 5.74) is -1.58. The first-order chi connectivity index (χ1) is 11.4. The van der Waals surface area contributed by atoms with Gasteiger partial charge in [0.05, 0.1) is 6.61 Å². The first-order valence-corrected chi connectivity index (χ1v) is 8.70. The second-order valence-corrected chi connectivity index (χ2v) is 7.93. The maximum atomic E-state index is 12.4. The van der Waals surface area contributed by atoms with Crippen LogP contribution in [0.25, 0.3) is 0 Å². The summed E-state index contributed by atoms with van der Waals surface area (Å²) in [6.45, 7) is 10.6. The molecule has 144 valence electrons. The molecule has 0 saturated carbocycles. The average Bonchev–Trinajstić information content (AvgIpc) is 3.09.